The van der Waals surface area contributed by atoms with Gasteiger partial charge in [0.2, 0.25) is 5.43 Å². The molecule has 2 aliphatic rings. The van der Waals surface area contributed by atoms with Crippen molar-refractivity contribution in [2.75, 3.05) is 43.9 Å². The Balaban J connectivity index is 1.90. The van der Waals surface area contributed by atoms with Crippen LogP contribution in [0.15, 0.2) is 11.0 Å². The number of aromatic nitrogens is 1. The molecule has 1 aliphatic carbocycles. The maximum atomic E-state index is 12.6. The van der Waals surface area contributed by atoms with Crippen molar-refractivity contribution in [3.05, 3.63) is 22.0 Å². The molecule has 7 nitrogen and oxygen atoms in total. The molecule has 0 aromatic carbocycles. The highest BCUT2D eigenvalue weighted by molar-refractivity contribution is 7.23. The van der Waals surface area contributed by atoms with Crippen molar-refractivity contribution >= 4 is 38.2 Å². The molecule has 1 saturated carbocycles. The number of nitrogens with zero attached hydrogens (tertiary/aromatic N) is 3. The third-order valence-corrected chi connectivity index (χ3v) is 6.12. The molecular weight excluding hydrogens is 328 g/mol. The van der Waals surface area contributed by atoms with Crippen LogP contribution in [0, 0.1) is 0 Å². The van der Waals surface area contributed by atoms with Crippen molar-refractivity contribution in [3.8, 4) is 0 Å². The van der Waals surface area contributed by atoms with E-state index in [1.54, 1.807) is 0 Å². The molecular formula is C16H20N4O3S. The van der Waals surface area contributed by atoms with Crippen LogP contribution in [-0.4, -0.2) is 53.8 Å². The van der Waals surface area contributed by atoms with Crippen molar-refractivity contribution in [3.63, 3.8) is 0 Å². The molecule has 1 saturated heterocycles. The minimum Gasteiger partial charge on any atom is -0.477 e. The number of anilines is 2. The molecule has 2 aromatic rings. The highest BCUT2D eigenvalue weighted by atomic mass is 32.1. The van der Waals surface area contributed by atoms with E-state index in [2.05, 4.69) is 16.8 Å². The number of pyridine rings is 1. The predicted molar refractivity (Wildman–Crippen MR) is 95.4 cm³/mol. The van der Waals surface area contributed by atoms with E-state index in [1.807, 2.05) is 4.57 Å². The summed E-state index contributed by atoms with van der Waals surface area (Å²) >= 11 is 1.51. The first-order valence-corrected chi connectivity index (χ1v) is 8.93. The van der Waals surface area contributed by atoms with Gasteiger partial charge in [0.05, 0.1) is 11.1 Å². The third kappa shape index (κ3) is 2.37. The molecule has 0 unspecified atom stereocenters. The van der Waals surface area contributed by atoms with Gasteiger partial charge in [-0.25, -0.2) is 4.79 Å². The molecule has 8 heteroatoms. The lowest BCUT2D eigenvalue weighted by atomic mass is 10.2. The molecule has 2 fully saturated rings. The lowest BCUT2D eigenvalue weighted by molar-refractivity contribution is 0.0695. The Morgan fingerprint density at radius 2 is 1.96 bits per heavy atom. The zero-order chi connectivity index (χ0) is 17.0. The average Bonchev–Trinajstić information content (AvgIpc) is 3.32. The standard InChI is InChI=1S/C16H20N4O3S/c1-18-4-6-19(7-5-18)15-12(17)11-13(21)10(16(22)23)8-20(9-2-3-9)14(11)24-15/h8-9H,2-7,17H2,1H3,(H,22,23). The minimum absolute atomic E-state index is 0.191. The summed E-state index contributed by atoms with van der Waals surface area (Å²) in [6.45, 7) is 3.61. The Hall–Kier alpha value is -2.06. The molecule has 24 heavy (non-hydrogen) atoms. The number of rotatable bonds is 3. The lowest BCUT2D eigenvalue weighted by Gasteiger charge is -2.33. The fourth-order valence-electron chi connectivity index (χ4n) is 3.23. The van der Waals surface area contributed by atoms with E-state index >= 15 is 0 Å². The quantitative estimate of drug-likeness (QED) is 0.872. The second-order valence-electron chi connectivity index (χ2n) is 6.61. The number of carbonyl (C=O) groups is 1. The Kier molecular flexibility index (Phi) is 3.54. The number of carboxylic acid groups (broad SMARTS) is 1. The first kappa shape index (κ1) is 15.5. The SMILES string of the molecule is CN1CCN(c2sc3c(c2N)c(=O)c(C(=O)O)cn3C2CC2)CC1. The van der Waals surface area contributed by atoms with E-state index < -0.39 is 11.4 Å². The number of thiophene rings is 1. The van der Waals surface area contributed by atoms with E-state index in [-0.39, 0.29) is 11.6 Å². The molecule has 3 heterocycles. The molecule has 0 spiro atoms. The zero-order valence-electron chi connectivity index (χ0n) is 13.5. The maximum absolute atomic E-state index is 12.6. The van der Waals surface area contributed by atoms with E-state index in [0.29, 0.717) is 11.1 Å². The first-order valence-electron chi connectivity index (χ1n) is 8.11. The predicted octanol–water partition coefficient (Wildman–Crippen LogP) is 1.43. The van der Waals surface area contributed by atoms with Gasteiger partial charge >= 0.3 is 5.97 Å². The van der Waals surface area contributed by atoms with Gasteiger partial charge in [-0.1, -0.05) is 11.3 Å². The maximum Gasteiger partial charge on any atom is 0.341 e. The number of hydrogen-bond acceptors (Lipinski definition) is 6. The van der Waals surface area contributed by atoms with E-state index in [4.69, 9.17) is 5.73 Å². The summed E-state index contributed by atoms with van der Waals surface area (Å²) in [4.78, 5) is 29.4. The normalized spacial score (nSPS) is 19.1. The highest BCUT2D eigenvalue weighted by Gasteiger charge is 2.30. The second-order valence-corrected chi connectivity index (χ2v) is 7.58. The smallest absolute Gasteiger partial charge is 0.341 e. The van der Waals surface area contributed by atoms with Gasteiger partial charge in [0.15, 0.2) is 0 Å². The number of nitrogens with two attached hydrogens (primary N) is 1. The van der Waals surface area contributed by atoms with Crippen LogP contribution < -0.4 is 16.1 Å². The molecule has 0 amide bonds. The van der Waals surface area contributed by atoms with Crippen LogP contribution in [0.25, 0.3) is 10.2 Å². The van der Waals surface area contributed by atoms with Crippen LogP contribution in [0.2, 0.25) is 0 Å². The first-order chi connectivity index (χ1) is 11.5. The number of piperazine rings is 1. The largest absolute Gasteiger partial charge is 0.477 e. The van der Waals surface area contributed by atoms with Gasteiger partial charge in [-0.3, -0.25) is 4.79 Å². The van der Waals surface area contributed by atoms with Crippen LogP contribution in [0.3, 0.4) is 0 Å². The van der Waals surface area contributed by atoms with Crippen LogP contribution in [0.5, 0.6) is 0 Å². The molecule has 0 bridgehead atoms. The van der Waals surface area contributed by atoms with Gasteiger partial charge < -0.3 is 25.2 Å². The van der Waals surface area contributed by atoms with Crippen LogP contribution in [0.1, 0.15) is 29.2 Å². The number of fused-ring (bicyclic) bond motifs is 1. The number of hydrogen-bond donors (Lipinski definition) is 2. The minimum atomic E-state index is -1.19. The monoisotopic (exact) mass is 348 g/mol. The summed E-state index contributed by atoms with van der Waals surface area (Å²) < 4.78 is 1.95. The number of likely N-dealkylation sites (N-methyl/N-ethyl adjacent to an activating group) is 1. The number of nitrogen functional groups attached to an aromatic ring is 1. The van der Waals surface area contributed by atoms with Crippen molar-refractivity contribution < 1.29 is 9.90 Å². The van der Waals surface area contributed by atoms with Gasteiger partial charge in [0, 0.05) is 38.4 Å². The molecule has 0 atom stereocenters. The lowest BCUT2D eigenvalue weighted by Crippen LogP contribution is -2.44. The van der Waals surface area contributed by atoms with Crippen LogP contribution in [0.4, 0.5) is 10.7 Å². The van der Waals surface area contributed by atoms with Crippen molar-refractivity contribution in [1.82, 2.24) is 9.47 Å². The van der Waals surface area contributed by atoms with Crippen molar-refractivity contribution in [1.29, 1.82) is 0 Å². The molecule has 3 N–H and O–H groups in total. The fraction of sp³-hybridized carbons (Fsp3) is 0.500. The summed E-state index contributed by atoms with van der Waals surface area (Å²) in [5.41, 5.74) is 6.09. The van der Waals surface area contributed by atoms with Gasteiger partial charge in [-0.2, -0.15) is 0 Å². The van der Waals surface area contributed by atoms with Gasteiger partial charge in [0.1, 0.15) is 15.4 Å². The summed E-state index contributed by atoms with van der Waals surface area (Å²) in [6, 6.07) is 0.282. The second kappa shape index (κ2) is 5.49. The molecule has 2 aromatic heterocycles. The Bertz CT molecular complexity index is 876. The summed E-state index contributed by atoms with van der Waals surface area (Å²) in [5, 5.41) is 10.6. The van der Waals surface area contributed by atoms with Gasteiger partial charge in [-0.05, 0) is 19.9 Å². The average molecular weight is 348 g/mol. The molecule has 1 aliphatic heterocycles. The molecule has 0 radical (unpaired) electrons. The molecule has 128 valence electrons. The van der Waals surface area contributed by atoms with E-state index in [9.17, 15) is 14.7 Å². The Morgan fingerprint density at radius 3 is 2.54 bits per heavy atom. The van der Waals surface area contributed by atoms with Crippen LogP contribution >= 0.6 is 11.3 Å². The summed E-state index contributed by atoms with van der Waals surface area (Å²) in [5.74, 6) is -1.19. The Labute approximate surface area is 142 Å². The van der Waals surface area contributed by atoms with E-state index in [0.717, 1.165) is 48.9 Å². The summed E-state index contributed by atoms with van der Waals surface area (Å²) in [7, 11) is 2.08. The molecule has 4 rings (SSSR count). The third-order valence-electron chi connectivity index (χ3n) is 4.84. The van der Waals surface area contributed by atoms with Gasteiger partial charge in [-0.15, -0.1) is 0 Å². The van der Waals surface area contributed by atoms with Crippen LogP contribution in [-0.2, 0) is 0 Å². The fourth-order valence-corrected chi connectivity index (χ4v) is 4.55. The number of carboxylic acids is 1. The van der Waals surface area contributed by atoms with E-state index in [1.165, 1.54) is 17.5 Å². The van der Waals surface area contributed by atoms with Crippen molar-refractivity contribution in [2.24, 2.45) is 0 Å². The zero-order valence-corrected chi connectivity index (χ0v) is 14.3. The van der Waals surface area contributed by atoms with Gasteiger partial charge in [0.25, 0.3) is 0 Å². The topological polar surface area (TPSA) is 91.8 Å². The van der Waals surface area contributed by atoms with Crippen molar-refractivity contribution in [2.45, 2.75) is 18.9 Å². The number of aromatic carboxylic acids is 1. The highest BCUT2D eigenvalue weighted by Crippen LogP contribution is 2.44. The summed E-state index contributed by atoms with van der Waals surface area (Å²) in [6.07, 6.45) is 3.52. The Morgan fingerprint density at radius 1 is 1.29 bits per heavy atom.